The first-order valence-corrected chi connectivity index (χ1v) is 11.4. The van der Waals surface area contributed by atoms with Crippen molar-refractivity contribution < 1.29 is 32.0 Å². The van der Waals surface area contributed by atoms with Crippen molar-refractivity contribution in [3.8, 4) is 0 Å². The minimum Gasteiger partial charge on any atom is -0.459 e. The highest BCUT2D eigenvalue weighted by molar-refractivity contribution is 7.89. The number of sulfonamides is 1. The second-order valence-electron chi connectivity index (χ2n) is 7.06. The van der Waals surface area contributed by atoms with E-state index in [1.807, 2.05) is 0 Å². The van der Waals surface area contributed by atoms with Crippen molar-refractivity contribution in [2.75, 3.05) is 26.2 Å². The normalized spacial score (nSPS) is 14.3. The Morgan fingerprint density at radius 1 is 1.06 bits per heavy atom. The lowest BCUT2D eigenvalue weighted by atomic mass is 10.1. The Kier molecular flexibility index (Phi) is 7.59. The van der Waals surface area contributed by atoms with Gasteiger partial charge in [-0.15, -0.1) is 0 Å². The van der Waals surface area contributed by atoms with Crippen molar-refractivity contribution in [3.63, 3.8) is 0 Å². The number of carbonyl (C=O) groups is 3. The summed E-state index contributed by atoms with van der Waals surface area (Å²) in [7, 11) is -3.54. The molecule has 0 radical (unpaired) electrons. The standard InChI is InChI=1S/C21H24N2O7S/c24-18(15-30-20(25)6-3-11-22-21(26)19-5-4-14-29-19)16-7-9-17(10-8-16)31(27,28)23-12-1-2-13-23/h4-5,7-10,14H,1-3,6,11-13,15H2,(H,22,26). The predicted molar refractivity (Wildman–Crippen MR) is 110 cm³/mol. The van der Waals surface area contributed by atoms with E-state index >= 15 is 0 Å². The van der Waals surface area contributed by atoms with Crippen LogP contribution in [-0.4, -0.2) is 56.6 Å². The molecular weight excluding hydrogens is 424 g/mol. The van der Waals surface area contributed by atoms with Gasteiger partial charge in [0, 0.05) is 31.6 Å². The number of nitrogens with zero attached hydrogens (tertiary/aromatic N) is 1. The lowest BCUT2D eigenvalue weighted by molar-refractivity contribution is -0.142. The van der Waals surface area contributed by atoms with Gasteiger partial charge >= 0.3 is 5.97 Å². The summed E-state index contributed by atoms with van der Waals surface area (Å²) in [4.78, 5) is 35.8. The Morgan fingerprint density at radius 3 is 2.42 bits per heavy atom. The van der Waals surface area contributed by atoms with E-state index < -0.39 is 28.4 Å². The van der Waals surface area contributed by atoms with Crippen molar-refractivity contribution in [2.24, 2.45) is 0 Å². The maximum Gasteiger partial charge on any atom is 0.306 e. The Labute approximate surface area is 180 Å². The smallest absolute Gasteiger partial charge is 0.306 e. The SMILES string of the molecule is O=C(CCCNC(=O)c1ccco1)OCC(=O)c1ccc(S(=O)(=O)N2CCCC2)cc1. The summed E-state index contributed by atoms with van der Waals surface area (Å²) in [6, 6.07) is 8.76. The van der Waals surface area contributed by atoms with Crippen LogP contribution in [0.3, 0.4) is 0 Å². The first-order chi connectivity index (χ1) is 14.9. The van der Waals surface area contributed by atoms with Gasteiger partial charge in [-0.05, 0) is 55.7 Å². The molecule has 0 saturated carbocycles. The van der Waals surface area contributed by atoms with Gasteiger partial charge in [0.1, 0.15) is 0 Å². The van der Waals surface area contributed by atoms with E-state index in [1.54, 1.807) is 6.07 Å². The molecule has 1 fully saturated rings. The molecule has 0 unspecified atom stereocenters. The highest BCUT2D eigenvalue weighted by Crippen LogP contribution is 2.21. The molecule has 1 N–H and O–H groups in total. The number of nitrogens with one attached hydrogen (secondary N) is 1. The monoisotopic (exact) mass is 448 g/mol. The number of Topliss-reactive ketones (excluding diaryl/α,β-unsaturated/α-hetero) is 1. The van der Waals surface area contributed by atoms with Gasteiger partial charge in [-0.3, -0.25) is 14.4 Å². The Hall–Kier alpha value is -2.98. The molecule has 1 aromatic heterocycles. The third-order valence-electron chi connectivity index (χ3n) is 4.83. The average Bonchev–Trinajstić information content (AvgIpc) is 3.49. The second kappa shape index (κ2) is 10.4. The van der Waals surface area contributed by atoms with Crippen LogP contribution in [0.15, 0.2) is 52.0 Å². The topological polar surface area (TPSA) is 123 Å². The van der Waals surface area contributed by atoms with E-state index in [9.17, 15) is 22.8 Å². The van der Waals surface area contributed by atoms with E-state index in [0.29, 0.717) is 19.5 Å². The Bertz CT molecular complexity index is 1010. The van der Waals surface area contributed by atoms with Gasteiger partial charge in [-0.2, -0.15) is 4.31 Å². The van der Waals surface area contributed by atoms with Gasteiger partial charge in [0.05, 0.1) is 11.2 Å². The fourth-order valence-electron chi connectivity index (χ4n) is 3.12. The van der Waals surface area contributed by atoms with Gasteiger partial charge in [0.15, 0.2) is 18.2 Å². The maximum absolute atomic E-state index is 12.5. The maximum atomic E-state index is 12.5. The van der Waals surface area contributed by atoms with Gasteiger partial charge < -0.3 is 14.5 Å². The minimum atomic E-state index is -3.54. The summed E-state index contributed by atoms with van der Waals surface area (Å²) >= 11 is 0. The number of benzene rings is 1. The lowest BCUT2D eigenvalue weighted by Gasteiger charge is -2.15. The van der Waals surface area contributed by atoms with Crippen molar-refractivity contribution in [2.45, 2.75) is 30.6 Å². The number of esters is 1. The summed E-state index contributed by atoms with van der Waals surface area (Å²) in [6.07, 6.45) is 3.47. The molecule has 3 rings (SSSR count). The van der Waals surface area contributed by atoms with E-state index in [0.717, 1.165) is 12.8 Å². The molecule has 10 heteroatoms. The molecule has 0 bridgehead atoms. The number of hydrogen-bond donors (Lipinski definition) is 1. The highest BCUT2D eigenvalue weighted by atomic mass is 32.2. The molecule has 166 valence electrons. The van der Waals surface area contributed by atoms with Crippen molar-refractivity contribution in [3.05, 3.63) is 54.0 Å². The van der Waals surface area contributed by atoms with E-state index in [4.69, 9.17) is 9.15 Å². The van der Waals surface area contributed by atoms with Gasteiger partial charge in [0.25, 0.3) is 5.91 Å². The van der Waals surface area contributed by atoms with Gasteiger partial charge in [-0.25, -0.2) is 8.42 Å². The summed E-state index contributed by atoms with van der Waals surface area (Å²) < 4.78 is 36.4. The van der Waals surface area contributed by atoms with Crippen LogP contribution >= 0.6 is 0 Å². The minimum absolute atomic E-state index is 0.0404. The molecule has 2 aromatic rings. The predicted octanol–water partition coefficient (Wildman–Crippen LogP) is 2.00. The second-order valence-corrected chi connectivity index (χ2v) is 8.99. The van der Waals surface area contributed by atoms with E-state index in [-0.39, 0.29) is 35.1 Å². The first-order valence-electron chi connectivity index (χ1n) is 9.98. The summed E-state index contributed by atoms with van der Waals surface area (Å²) in [5.41, 5.74) is 0.263. The average molecular weight is 448 g/mol. The highest BCUT2D eigenvalue weighted by Gasteiger charge is 2.27. The zero-order valence-electron chi connectivity index (χ0n) is 16.9. The third-order valence-corrected chi connectivity index (χ3v) is 6.74. The zero-order valence-corrected chi connectivity index (χ0v) is 17.7. The molecule has 1 saturated heterocycles. The fraction of sp³-hybridized carbons (Fsp3) is 0.381. The number of rotatable bonds is 10. The molecule has 1 aromatic carbocycles. The molecule has 1 amide bonds. The Balaban J connectivity index is 1.39. The van der Waals surface area contributed by atoms with Crippen LogP contribution in [0.2, 0.25) is 0 Å². The Morgan fingerprint density at radius 2 is 1.77 bits per heavy atom. The van der Waals surface area contributed by atoms with E-state index in [1.165, 1.54) is 40.9 Å². The van der Waals surface area contributed by atoms with Crippen molar-refractivity contribution in [1.82, 2.24) is 9.62 Å². The largest absolute Gasteiger partial charge is 0.459 e. The van der Waals surface area contributed by atoms with Gasteiger partial charge in [-0.1, -0.05) is 0 Å². The quantitative estimate of drug-likeness (QED) is 0.335. The first kappa shape index (κ1) is 22.7. The lowest BCUT2D eigenvalue weighted by Crippen LogP contribution is -2.27. The molecule has 0 aliphatic carbocycles. The van der Waals surface area contributed by atoms with Crippen LogP contribution in [0.25, 0.3) is 0 Å². The molecule has 1 aliphatic heterocycles. The molecule has 0 atom stereocenters. The van der Waals surface area contributed by atoms with Crippen molar-refractivity contribution >= 4 is 27.7 Å². The van der Waals surface area contributed by atoms with Crippen LogP contribution in [0.4, 0.5) is 0 Å². The molecular formula is C21H24N2O7S. The molecule has 9 nitrogen and oxygen atoms in total. The fourth-order valence-corrected chi connectivity index (χ4v) is 4.64. The molecule has 2 heterocycles. The number of ether oxygens (including phenoxy) is 1. The zero-order chi connectivity index (χ0) is 22.3. The van der Waals surface area contributed by atoms with Crippen LogP contribution in [0.1, 0.15) is 46.6 Å². The number of furan rings is 1. The van der Waals surface area contributed by atoms with Crippen molar-refractivity contribution in [1.29, 1.82) is 0 Å². The third kappa shape index (κ3) is 6.02. The van der Waals surface area contributed by atoms with E-state index in [2.05, 4.69) is 5.32 Å². The number of carbonyl (C=O) groups excluding carboxylic acids is 3. The van der Waals surface area contributed by atoms with Crippen LogP contribution in [0.5, 0.6) is 0 Å². The van der Waals surface area contributed by atoms with Gasteiger partial charge in [0.2, 0.25) is 10.0 Å². The number of ketones is 1. The molecule has 0 spiro atoms. The summed E-state index contributed by atoms with van der Waals surface area (Å²) in [5, 5.41) is 2.61. The van der Waals surface area contributed by atoms with Crippen LogP contribution < -0.4 is 5.32 Å². The summed E-state index contributed by atoms with van der Waals surface area (Å²) in [6.45, 7) is 0.836. The number of hydrogen-bond acceptors (Lipinski definition) is 7. The van der Waals surface area contributed by atoms with Crippen LogP contribution in [0, 0.1) is 0 Å². The summed E-state index contributed by atoms with van der Waals surface area (Å²) in [5.74, 6) is -1.17. The van der Waals surface area contributed by atoms with Crippen LogP contribution in [-0.2, 0) is 19.6 Å². The molecule has 31 heavy (non-hydrogen) atoms. The molecule has 1 aliphatic rings. The number of amides is 1.